The molecule has 0 spiro atoms. The molecule has 4 saturated carbocycles. The van der Waals surface area contributed by atoms with Crippen LogP contribution in [0.4, 0.5) is 0 Å². The lowest BCUT2D eigenvalue weighted by Gasteiger charge is -2.57. The van der Waals surface area contributed by atoms with Gasteiger partial charge in [0, 0.05) is 30.3 Å². The lowest BCUT2D eigenvalue weighted by molar-refractivity contribution is -0.145. The highest BCUT2D eigenvalue weighted by Gasteiger charge is 2.54. The molecule has 5 nitrogen and oxygen atoms in total. The summed E-state index contributed by atoms with van der Waals surface area (Å²) in [5.41, 5.74) is 0.662. The van der Waals surface area contributed by atoms with Crippen molar-refractivity contribution in [2.45, 2.75) is 63.8 Å². The summed E-state index contributed by atoms with van der Waals surface area (Å²) in [6.07, 6.45) is 14.8. The molecule has 0 atom stereocenters. The van der Waals surface area contributed by atoms with Gasteiger partial charge in [0.05, 0.1) is 0 Å². The van der Waals surface area contributed by atoms with Crippen molar-refractivity contribution in [3.05, 3.63) is 60.2 Å². The van der Waals surface area contributed by atoms with E-state index in [0.717, 1.165) is 48.1 Å². The molecule has 0 radical (unpaired) electrons. The minimum atomic E-state index is -1.13. The van der Waals surface area contributed by atoms with Crippen LogP contribution in [-0.2, 0) is 22.4 Å². The number of ketones is 1. The lowest BCUT2D eigenvalue weighted by Crippen LogP contribution is -2.63. The van der Waals surface area contributed by atoms with Gasteiger partial charge in [-0.15, -0.1) is 0 Å². The minimum absolute atomic E-state index is 0.0802. The third kappa shape index (κ3) is 3.90. The number of aromatic nitrogens is 2. The second kappa shape index (κ2) is 7.85. The van der Waals surface area contributed by atoms with E-state index >= 15 is 0 Å². The second-order valence-electron chi connectivity index (χ2n) is 10.4. The van der Waals surface area contributed by atoms with E-state index in [1.54, 1.807) is 31.7 Å². The van der Waals surface area contributed by atoms with Crippen molar-refractivity contribution in [2.24, 2.45) is 23.2 Å². The second-order valence-corrected chi connectivity index (χ2v) is 10.4. The molecule has 1 N–H and O–H groups in total. The van der Waals surface area contributed by atoms with Gasteiger partial charge in [-0.1, -0.05) is 0 Å². The van der Waals surface area contributed by atoms with Crippen LogP contribution in [0.5, 0.6) is 0 Å². The molecular weight excluding hydrogens is 386 g/mol. The third-order valence-electron chi connectivity index (χ3n) is 8.04. The van der Waals surface area contributed by atoms with Gasteiger partial charge in [0.1, 0.15) is 11.2 Å². The van der Waals surface area contributed by atoms with Crippen molar-refractivity contribution < 1.29 is 9.59 Å². The normalized spacial score (nSPS) is 29.0. The fourth-order valence-corrected chi connectivity index (χ4v) is 6.95. The van der Waals surface area contributed by atoms with Crippen molar-refractivity contribution in [2.75, 3.05) is 0 Å². The molecule has 2 aromatic heterocycles. The molecule has 4 aliphatic rings. The highest BCUT2D eigenvalue weighted by molar-refractivity contribution is 6.06. The van der Waals surface area contributed by atoms with E-state index in [9.17, 15) is 9.59 Å². The maximum atomic E-state index is 14.0. The Hall–Kier alpha value is -2.56. The first-order valence-corrected chi connectivity index (χ1v) is 11.6. The summed E-state index contributed by atoms with van der Waals surface area (Å²) in [5.74, 6) is 2.02. The van der Waals surface area contributed by atoms with Gasteiger partial charge in [-0.25, -0.2) is 0 Å². The quantitative estimate of drug-likeness (QED) is 0.693. The molecule has 0 saturated heterocycles. The van der Waals surface area contributed by atoms with Crippen LogP contribution < -0.4 is 5.32 Å². The van der Waals surface area contributed by atoms with E-state index in [2.05, 4.69) is 15.3 Å². The van der Waals surface area contributed by atoms with Crippen molar-refractivity contribution >= 4 is 11.7 Å². The maximum absolute atomic E-state index is 14.0. The molecule has 4 bridgehead atoms. The third-order valence-corrected chi connectivity index (χ3v) is 8.04. The molecule has 2 heterocycles. The zero-order chi connectivity index (χ0) is 21.5. The van der Waals surface area contributed by atoms with Crippen LogP contribution in [0.3, 0.4) is 0 Å². The van der Waals surface area contributed by atoms with E-state index in [-0.39, 0.29) is 17.2 Å². The van der Waals surface area contributed by atoms with Crippen LogP contribution in [0.15, 0.2) is 49.1 Å². The van der Waals surface area contributed by atoms with Crippen LogP contribution in [0, 0.1) is 23.2 Å². The van der Waals surface area contributed by atoms with Gasteiger partial charge in [-0.3, -0.25) is 19.6 Å². The molecule has 0 aromatic carbocycles. The minimum Gasteiger partial charge on any atom is -0.350 e. The first-order chi connectivity index (χ1) is 15.0. The predicted molar refractivity (Wildman–Crippen MR) is 118 cm³/mol. The zero-order valence-corrected chi connectivity index (χ0v) is 18.2. The topological polar surface area (TPSA) is 72.0 Å². The van der Waals surface area contributed by atoms with Gasteiger partial charge in [-0.2, -0.15) is 0 Å². The fraction of sp³-hybridized carbons (Fsp3) is 0.538. The van der Waals surface area contributed by atoms with Crippen molar-refractivity contribution in [3.8, 4) is 0 Å². The molecule has 0 unspecified atom stereocenters. The summed E-state index contributed by atoms with van der Waals surface area (Å²) in [6, 6.07) is 7.62. The van der Waals surface area contributed by atoms with Crippen molar-refractivity contribution in [1.29, 1.82) is 0 Å². The van der Waals surface area contributed by atoms with E-state index in [4.69, 9.17) is 0 Å². The van der Waals surface area contributed by atoms with Crippen LogP contribution in [-0.4, -0.2) is 27.2 Å². The number of hydrogen-bond donors (Lipinski definition) is 1. The van der Waals surface area contributed by atoms with Gasteiger partial charge in [-0.05, 0) is 111 Å². The molecule has 2 aromatic rings. The first-order valence-electron chi connectivity index (χ1n) is 11.6. The van der Waals surface area contributed by atoms with E-state index in [1.807, 2.05) is 24.3 Å². The number of hydrogen-bond acceptors (Lipinski definition) is 4. The van der Waals surface area contributed by atoms with Crippen LogP contribution in [0.2, 0.25) is 0 Å². The summed E-state index contributed by atoms with van der Waals surface area (Å²) in [5, 5.41) is 3.50. The summed E-state index contributed by atoms with van der Waals surface area (Å²) in [4.78, 5) is 35.5. The van der Waals surface area contributed by atoms with Crippen molar-refractivity contribution in [3.63, 3.8) is 0 Å². The summed E-state index contributed by atoms with van der Waals surface area (Å²) < 4.78 is 0. The van der Waals surface area contributed by atoms with Crippen LogP contribution in [0.1, 0.15) is 56.6 Å². The molecule has 4 fully saturated rings. The number of carbonyl (C=O) groups excluding carboxylic acids is 2. The number of nitrogens with one attached hydrogen (secondary N) is 1. The molecule has 6 rings (SSSR count). The Labute approximate surface area is 184 Å². The largest absolute Gasteiger partial charge is 0.350 e. The van der Waals surface area contributed by atoms with Gasteiger partial charge in [0.15, 0.2) is 0 Å². The highest BCUT2D eigenvalue weighted by atomic mass is 16.2. The Balaban J connectivity index is 1.48. The predicted octanol–water partition coefficient (Wildman–Crippen LogP) is 3.92. The molecule has 1 amide bonds. The van der Waals surface area contributed by atoms with Gasteiger partial charge >= 0.3 is 0 Å². The molecule has 162 valence electrons. The van der Waals surface area contributed by atoms with E-state index in [0.29, 0.717) is 12.8 Å². The number of nitrogens with zero attached hydrogens (tertiary/aromatic N) is 2. The average Bonchev–Trinajstić information content (AvgIpc) is 2.73. The van der Waals surface area contributed by atoms with Crippen molar-refractivity contribution in [1.82, 2.24) is 15.3 Å². The van der Waals surface area contributed by atoms with Gasteiger partial charge < -0.3 is 5.32 Å². The standard InChI is InChI=1S/C26H31N3O2/c1-18(30)26(16-19-2-6-27-7-3-19,17-20-4-8-28-9-5-20)24(31)29-25-13-21-10-22(14-25)12-23(11-21)15-25/h2-9,21-23H,10-17H2,1H3,(H,29,31). The first kappa shape index (κ1) is 20.3. The zero-order valence-electron chi connectivity index (χ0n) is 18.2. The molecule has 5 heteroatoms. The molecule has 31 heavy (non-hydrogen) atoms. The highest BCUT2D eigenvalue weighted by Crippen LogP contribution is 2.55. The van der Waals surface area contributed by atoms with Crippen LogP contribution in [0.25, 0.3) is 0 Å². The Bertz CT molecular complexity index is 880. The lowest BCUT2D eigenvalue weighted by atomic mass is 9.53. The maximum Gasteiger partial charge on any atom is 0.234 e. The number of pyridine rings is 2. The Morgan fingerprint density at radius 3 is 1.68 bits per heavy atom. The molecule has 0 aliphatic heterocycles. The summed E-state index contributed by atoms with van der Waals surface area (Å²) in [6.45, 7) is 1.57. The molecule has 4 aliphatic carbocycles. The van der Waals surface area contributed by atoms with Gasteiger partial charge in [0.2, 0.25) is 5.91 Å². The number of amides is 1. The fourth-order valence-electron chi connectivity index (χ4n) is 6.95. The number of rotatable bonds is 7. The van der Waals surface area contributed by atoms with E-state index in [1.165, 1.54) is 19.3 Å². The average molecular weight is 418 g/mol. The Morgan fingerprint density at radius 1 is 0.871 bits per heavy atom. The summed E-state index contributed by atoms with van der Waals surface area (Å²) >= 11 is 0. The monoisotopic (exact) mass is 417 g/mol. The number of Topliss-reactive ketones (excluding diaryl/α,β-unsaturated/α-hetero) is 1. The Morgan fingerprint density at radius 2 is 1.29 bits per heavy atom. The SMILES string of the molecule is CC(=O)C(Cc1ccncc1)(Cc1ccncc1)C(=O)NC12CC3CC(CC(C3)C1)C2. The van der Waals surface area contributed by atoms with E-state index < -0.39 is 5.41 Å². The summed E-state index contributed by atoms with van der Waals surface area (Å²) in [7, 11) is 0. The smallest absolute Gasteiger partial charge is 0.234 e. The van der Waals surface area contributed by atoms with Gasteiger partial charge in [0.25, 0.3) is 0 Å². The Kier molecular flexibility index (Phi) is 5.15. The number of carbonyl (C=O) groups is 2. The van der Waals surface area contributed by atoms with Crippen LogP contribution >= 0.6 is 0 Å². The molecular formula is C26H31N3O2.